The highest BCUT2D eigenvalue weighted by Crippen LogP contribution is 2.44. The molecule has 180 valence electrons. The van der Waals surface area contributed by atoms with Crippen molar-refractivity contribution in [2.24, 2.45) is 5.41 Å². The number of carbonyl (C=O) groups is 3. The van der Waals surface area contributed by atoms with E-state index in [4.69, 9.17) is 4.74 Å². The molecule has 1 aliphatic heterocycles. The van der Waals surface area contributed by atoms with Crippen LogP contribution in [0.15, 0.2) is 48.5 Å². The Morgan fingerprint density at radius 3 is 2.09 bits per heavy atom. The maximum absolute atomic E-state index is 13.0. The Hall–Kier alpha value is -3.35. The van der Waals surface area contributed by atoms with Gasteiger partial charge in [-0.15, -0.1) is 0 Å². The lowest BCUT2D eigenvalue weighted by Gasteiger charge is -2.39. The Labute approximate surface area is 200 Å². The fourth-order valence-corrected chi connectivity index (χ4v) is 5.21. The minimum absolute atomic E-state index is 0.0470. The van der Waals surface area contributed by atoms with E-state index in [2.05, 4.69) is 29.6 Å². The third-order valence-corrected chi connectivity index (χ3v) is 7.50. The number of carboxylic acids is 1. The van der Waals surface area contributed by atoms with Crippen LogP contribution in [0.2, 0.25) is 0 Å². The van der Waals surface area contributed by atoms with E-state index in [1.165, 1.54) is 0 Å². The number of amides is 2. The zero-order valence-corrected chi connectivity index (χ0v) is 19.8. The van der Waals surface area contributed by atoms with Gasteiger partial charge in [0.2, 0.25) is 5.91 Å². The van der Waals surface area contributed by atoms with Crippen LogP contribution in [0.4, 0.5) is 4.79 Å². The summed E-state index contributed by atoms with van der Waals surface area (Å²) in [6, 6.07) is 15.6. The fourth-order valence-electron chi connectivity index (χ4n) is 5.21. The molecule has 0 radical (unpaired) electrons. The molecule has 0 spiro atoms. The SMILES string of the molecule is CC[C@H](NC(=O)OCC1c2ccccc2-c2ccccc21)C(=O)N1CCC(CC)(C(=O)O)CC1. The number of nitrogens with zero attached hydrogens (tertiary/aromatic N) is 1. The summed E-state index contributed by atoms with van der Waals surface area (Å²) in [6.07, 6.45) is 1.20. The minimum Gasteiger partial charge on any atom is -0.481 e. The van der Waals surface area contributed by atoms with Gasteiger partial charge in [0.25, 0.3) is 0 Å². The molecule has 1 atom stereocenters. The largest absolute Gasteiger partial charge is 0.481 e. The van der Waals surface area contributed by atoms with Crippen molar-refractivity contribution < 1.29 is 24.2 Å². The summed E-state index contributed by atoms with van der Waals surface area (Å²) in [4.78, 5) is 39.0. The van der Waals surface area contributed by atoms with Crippen LogP contribution in [0.3, 0.4) is 0 Å². The van der Waals surface area contributed by atoms with E-state index in [1.54, 1.807) is 4.90 Å². The van der Waals surface area contributed by atoms with Gasteiger partial charge in [-0.05, 0) is 47.9 Å². The third kappa shape index (κ3) is 4.39. The smallest absolute Gasteiger partial charge is 0.407 e. The zero-order valence-electron chi connectivity index (χ0n) is 19.8. The first-order valence-electron chi connectivity index (χ1n) is 12.0. The lowest BCUT2D eigenvalue weighted by atomic mass is 9.76. The molecule has 34 heavy (non-hydrogen) atoms. The van der Waals surface area contributed by atoms with E-state index in [0.29, 0.717) is 38.8 Å². The molecule has 0 saturated carbocycles. The number of carboxylic acid groups (broad SMARTS) is 1. The van der Waals surface area contributed by atoms with Crippen LogP contribution in [0.25, 0.3) is 11.1 Å². The molecule has 1 fully saturated rings. The van der Waals surface area contributed by atoms with Crippen LogP contribution >= 0.6 is 0 Å². The van der Waals surface area contributed by atoms with Gasteiger partial charge in [0, 0.05) is 19.0 Å². The van der Waals surface area contributed by atoms with Crippen molar-refractivity contribution in [3.8, 4) is 11.1 Å². The molecule has 0 unspecified atom stereocenters. The van der Waals surface area contributed by atoms with Crippen molar-refractivity contribution in [3.05, 3.63) is 59.7 Å². The van der Waals surface area contributed by atoms with Crippen molar-refractivity contribution in [3.63, 3.8) is 0 Å². The van der Waals surface area contributed by atoms with Crippen LogP contribution in [-0.4, -0.2) is 53.7 Å². The summed E-state index contributed by atoms with van der Waals surface area (Å²) in [6.45, 7) is 4.65. The molecule has 7 heteroatoms. The van der Waals surface area contributed by atoms with Crippen LogP contribution < -0.4 is 5.32 Å². The summed E-state index contributed by atoms with van der Waals surface area (Å²) in [5, 5.41) is 12.3. The number of hydrogen-bond acceptors (Lipinski definition) is 4. The summed E-state index contributed by atoms with van der Waals surface area (Å²) < 4.78 is 5.59. The Kier molecular flexibility index (Phi) is 6.91. The zero-order chi connectivity index (χ0) is 24.3. The van der Waals surface area contributed by atoms with E-state index >= 15 is 0 Å². The summed E-state index contributed by atoms with van der Waals surface area (Å²) >= 11 is 0. The van der Waals surface area contributed by atoms with Crippen LogP contribution in [0, 0.1) is 5.41 Å². The predicted octanol–water partition coefficient (Wildman–Crippen LogP) is 4.41. The van der Waals surface area contributed by atoms with Crippen LogP contribution in [-0.2, 0) is 14.3 Å². The standard InChI is InChI=1S/C27H32N2O5/c1-3-23(24(30)29-15-13-27(4-2,14-16-29)25(31)32)28-26(33)34-17-22-20-11-7-5-9-18(20)19-10-6-8-12-21(19)22/h5-12,22-23H,3-4,13-17H2,1-2H3,(H,28,33)(H,31,32)/t23-/m0/s1. The summed E-state index contributed by atoms with van der Waals surface area (Å²) in [7, 11) is 0. The quantitative estimate of drug-likeness (QED) is 0.633. The third-order valence-electron chi connectivity index (χ3n) is 7.50. The molecule has 2 aliphatic rings. The molecule has 2 N–H and O–H groups in total. The van der Waals surface area contributed by atoms with Gasteiger partial charge in [0.15, 0.2) is 0 Å². The minimum atomic E-state index is -0.800. The van der Waals surface area contributed by atoms with Crippen molar-refractivity contribution in [1.29, 1.82) is 0 Å². The molecule has 1 saturated heterocycles. The maximum Gasteiger partial charge on any atom is 0.407 e. The molecule has 0 bridgehead atoms. The number of nitrogens with one attached hydrogen (secondary N) is 1. The Morgan fingerprint density at radius 2 is 1.59 bits per heavy atom. The number of carbonyl (C=O) groups excluding carboxylic acids is 2. The molecule has 2 aromatic rings. The van der Waals surface area contributed by atoms with Gasteiger partial charge in [-0.3, -0.25) is 9.59 Å². The summed E-state index contributed by atoms with van der Waals surface area (Å²) in [5.74, 6) is -1.04. The highest BCUT2D eigenvalue weighted by molar-refractivity contribution is 5.86. The number of piperidine rings is 1. The number of ether oxygens (including phenoxy) is 1. The normalized spacial score (nSPS) is 17.4. The number of benzene rings is 2. The molecule has 1 aliphatic carbocycles. The second-order valence-corrected chi connectivity index (χ2v) is 9.20. The molecule has 2 amide bonds. The van der Waals surface area contributed by atoms with E-state index in [0.717, 1.165) is 22.3 Å². The van der Waals surface area contributed by atoms with E-state index in [1.807, 2.05) is 38.1 Å². The van der Waals surface area contributed by atoms with E-state index in [-0.39, 0.29) is 18.4 Å². The highest BCUT2D eigenvalue weighted by atomic mass is 16.5. The first kappa shape index (κ1) is 23.8. The number of likely N-dealkylation sites (tertiary alicyclic amines) is 1. The predicted molar refractivity (Wildman–Crippen MR) is 128 cm³/mol. The number of fused-ring (bicyclic) bond motifs is 3. The number of alkyl carbamates (subject to hydrolysis) is 1. The van der Waals surface area contributed by atoms with Gasteiger partial charge in [0.05, 0.1) is 5.41 Å². The molecular weight excluding hydrogens is 432 g/mol. The van der Waals surface area contributed by atoms with E-state index < -0.39 is 23.5 Å². The van der Waals surface area contributed by atoms with Crippen molar-refractivity contribution in [2.75, 3.05) is 19.7 Å². The van der Waals surface area contributed by atoms with E-state index in [9.17, 15) is 19.5 Å². The van der Waals surface area contributed by atoms with Gasteiger partial charge in [0.1, 0.15) is 12.6 Å². The maximum atomic E-state index is 13.0. The topological polar surface area (TPSA) is 95.9 Å². The Balaban J connectivity index is 1.36. The molecular formula is C27H32N2O5. The average Bonchev–Trinajstić information content (AvgIpc) is 3.19. The fraction of sp³-hybridized carbons (Fsp3) is 0.444. The van der Waals surface area contributed by atoms with Gasteiger partial charge >= 0.3 is 12.1 Å². The van der Waals surface area contributed by atoms with Crippen molar-refractivity contribution in [2.45, 2.75) is 51.5 Å². The molecule has 2 aromatic carbocycles. The lowest BCUT2D eigenvalue weighted by Crippen LogP contribution is -2.53. The Bertz CT molecular complexity index is 1030. The molecule has 0 aromatic heterocycles. The van der Waals surface area contributed by atoms with Crippen molar-refractivity contribution in [1.82, 2.24) is 10.2 Å². The second kappa shape index (κ2) is 9.87. The number of aliphatic carboxylic acids is 1. The lowest BCUT2D eigenvalue weighted by molar-refractivity contribution is -0.155. The van der Waals surface area contributed by atoms with Gasteiger partial charge in [-0.2, -0.15) is 0 Å². The molecule has 1 heterocycles. The Morgan fingerprint density at radius 1 is 1.03 bits per heavy atom. The average molecular weight is 465 g/mol. The van der Waals surface area contributed by atoms with Gasteiger partial charge in [-0.1, -0.05) is 62.4 Å². The first-order chi connectivity index (χ1) is 16.4. The first-order valence-corrected chi connectivity index (χ1v) is 12.0. The van der Waals surface area contributed by atoms with Crippen LogP contribution in [0.5, 0.6) is 0 Å². The summed E-state index contributed by atoms with van der Waals surface area (Å²) in [5.41, 5.74) is 3.81. The highest BCUT2D eigenvalue weighted by Gasteiger charge is 2.41. The monoisotopic (exact) mass is 464 g/mol. The van der Waals surface area contributed by atoms with Crippen molar-refractivity contribution >= 4 is 18.0 Å². The molecule has 4 rings (SSSR count). The van der Waals surface area contributed by atoms with Gasteiger partial charge < -0.3 is 20.1 Å². The van der Waals surface area contributed by atoms with Gasteiger partial charge in [-0.25, -0.2) is 4.79 Å². The number of hydrogen-bond donors (Lipinski definition) is 2. The second-order valence-electron chi connectivity index (χ2n) is 9.20. The molecule has 7 nitrogen and oxygen atoms in total. The number of rotatable bonds is 7. The van der Waals surface area contributed by atoms with Crippen LogP contribution in [0.1, 0.15) is 56.6 Å².